The minimum Gasteiger partial charge on any atom is -0.309 e. The van der Waals surface area contributed by atoms with E-state index >= 15 is 0 Å². The quantitative estimate of drug-likeness (QED) is 0.644. The Morgan fingerprint density at radius 1 is 1.46 bits per heavy atom. The molecule has 1 aromatic rings. The zero-order valence-corrected chi connectivity index (χ0v) is 8.02. The van der Waals surface area contributed by atoms with Crippen LogP contribution in [-0.4, -0.2) is 6.54 Å². The van der Waals surface area contributed by atoms with Gasteiger partial charge in [0.15, 0.2) is 0 Å². The van der Waals surface area contributed by atoms with Gasteiger partial charge in [-0.2, -0.15) is 0 Å². The standard InChI is InChI=1S/C11H14FN/c1-8-3-4-9-6-13-7-11(2,12)10(9)5-8/h3-5,13H,6-7H2,1-2H3. The Morgan fingerprint density at radius 3 is 3.00 bits per heavy atom. The molecule has 0 aliphatic carbocycles. The number of nitrogens with one attached hydrogen (secondary N) is 1. The third-order valence-electron chi connectivity index (χ3n) is 2.60. The monoisotopic (exact) mass is 179 g/mol. The average Bonchev–Trinajstić information content (AvgIpc) is 2.06. The minimum atomic E-state index is -1.21. The summed E-state index contributed by atoms with van der Waals surface area (Å²) >= 11 is 0. The molecule has 0 fully saturated rings. The highest BCUT2D eigenvalue weighted by Gasteiger charge is 2.31. The van der Waals surface area contributed by atoms with Gasteiger partial charge >= 0.3 is 0 Å². The smallest absolute Gasteiger partial charge is 0.145 e. The molecule has 1 aliphatic heterocycles. The van der Waals surface area contributed by atoms with Crippen molar-refractivity contribution in [2.24, 2.45) is 0 Å². The van der Waals surface area contributed by atoms with Gasteiger partial charge < -0.3 is 5.32 Å². The molecule has 0 amide bonds. The number of alkyl halides is 1. The highest BCUT2D eigenvalue weighted by Crippen LogP contribution is 2.31. The molecule has 1 heterocycles. The summed E-state index contributed by atoms with van der Waals surface area (Å²) in [6.45, 7) is 4.84. The van der Waals surface area contributed by atoms with Gasteiger partial charge in [-0.05, 0) is 25.0 Å². The second-order valence-corrected chi connectivity index (χ2v) is 3.96. The second-order valence-electron chi connectivity index (χ2n) is 3.96. The van der Waals surface area contributed by atoms with Gasteiger partial charge in [-0.3, -0.25) is 0 Å². The third kappa shape index (κ3) is 1.46. The van der Waals surface area contributed by atoms with Crippen molar-refractivity contribution in [3.63, 3.8) is 0 Å². The molecule has 1 N–H and O–H groups in total. The van der Waals surface area contributed by atoms with Crippen molar-refractivity contribution in [3.8, 4) is 0 Å². The molecule has 0 bridgehead atoms. The number of fused-ring (bicyclic) bond motifs is 1. The summed E-state index contributed by atoms with van der Waals surface area (Å²) in [5.74, 6) is 0. The molecule has 1 nitrogen and oxygen atoms in total. The molecule has 70 valence electrons. The van der Waals surface area contributed by atoms with E-state index in [1.54, 1.807) is 6.92 Å². The van der Waals surface area contributed by atoms with Crippen LogP contribution in [0.15, 0.2) is 18.2 Å². The van der Waals surface area contributed by atoms with Crippen molar-refractivity contribution in [2.45, 2.75) is 26.1 Å². The molecule has 1 aromatic carbocycles. The van der Waals surface area contributed by atoms with E-state index in [1.807, 2.05) is 25.1 Å². The summed E-state index contributed by atoms with van der Waals surface area (Å²) in [7, 11) is 0. The normalized spacial score (nSPS) is 27.0. The van der Waals surface area contributed by atoms with Gasteiger partial charge in [0.25, 0.3) is 0 Å². The fourth-order valence-electron chi connectivity index (χ4n) is 1.86. The van der Waals surface area contributed by atoms with Crippen LogP contribution in [0.4, 0.5) is 4.39 Å². The SMILES string of the molecule is Cc1ccc2c(c1)C(C)(F)CNC2. The number of halogens is 1. The lowest BCUT2D eigenvalue weighted by atomic mass is 9.88. The van der Waals surface area contributed by atoms with Crippen molar-refractivity contribution in [3.05, 3.63) is 34.9 Å². The van der Waals surface area contributed by atoms with Crippen LogP contribution in [0, 0.1) is 6.92 Å². The number of hydrogen-bond acceptors (Lipinski definition) is 1. The first-order valence-corrected chi connectivity index (χ1v) is 4.59. The Labute approximate surface area is 78.0 Å². The van der Waals surface area contributed by atoms with Gasteiger partial charge in [-0.25, -0.2) is 4.39 Å². The van der Waals surface area contributed by atoms with E-state index in [2.05, 4.69) is 5.32 Å². The topological polar surface area (TPSA) is 12.0 Å². The maximum atomic E-state index is 14.0. The zero-order valence-electron chi connectivity index (χ0n) is 8.02. The Kier molecular flexibility index (Phi) is 1.88. The minimum absolute atomic E-state index is 0.420. The molecule has 1 aliphatic rings. The summed E-state index contributed by atoms with van der Waals surface area (Å²) in [4.78, 5) is 0. The zero-order chi connectivity index (χ0) is 9.47. The van der Waals surface area contributed by atoms with Gasteiger partial charge in [0.05, 0.1) is 0 Å². The Morgan fingerprint density at radius 2 is 2.23 bits per heavy atom. The van der Waals surface area contributed by atoms with Crippen molar-refractivity contribution in [1.29, 1.82) is 0 Å². The van der Waals surface area contributed by atoms with Crippen molar-refractivity contribution >= 4 is 0 Å². The highest BCUT2D eigenvalue weighted by atomic mass is 19.1. The van der Waals surface area contributed by atoms with Crippen LogP contribution in [0.1, 0.15) is 23.6 Å². The van der Waals surface area contributed by atoms with E-state index in [1.165, 1.54) is 0 Å². The first-order chi connectivity index (χ1) is 6.09. The molecule has 0 aromatic heterocycles. The van der Waals surface area contributed by atoms with E-state index < -0.39 is 5.67 Å². The first-order valence-electron chi connectivity index (χ1n) is 4.59. The van der Waals surface area contributed by atoms with E-state index in [-0.39, 0.29) is 0 Å². The Balaban J connectivity index is 2.55. The molecule has 0 saturated carbocycles. The molecule has 1 atom stereocenters. The highest BCUT2D eigenvalue weighted by molar-refractivity contribution is 5.37. The Bertz CT molecular complexity index is 331. The molecule has 1 unspecified atom stereocenters. The summed E-state index contributed by atoms with van der Waals surface area (Å²) in [5.41, 5.74) is 1.86. The number of hydrogen-bond donors (Lipinski definition) is 1. The second kappa shape index (κ2) is 2.81. The summed E-state index contributed by atoms with van der Waals surface area (Å²) in [5, 5.41) is 3.08. The van der Waals surface area contributed by atoms with Gasteiger partial charge in [0, 0.05) is 13.1 Å². The summed E-state index contributed by atoms with van der Waals surface area (Å²) in [6.07, 6.45) is 0. The van der Waals surface area contributed by atoms with E-state index in [0.29, 0.717) is 6.54 Å². The fourth-order valence-corrected chi connectivity index (χ4v) is 1.86. The lowest BCUT2D eigenvalue weighted by molar-refractivity contribution is 0.173. The van der Waals surface area contributed by atoms with Crippen LogP contribution in [0.2, 0.25) is 0 Å². The largest absolute Gasteiger partial charge is 0.309 e. The average molecular weight is 179 g/mol. The van der Waals surface area contributed by atoms with Crippen molar-refractivity contribution in [2.75, 3.05) is 6.54 Å². The van der Waals surface area contributed by atoms with Gasteiger partial charge in [-0.1, -0.05) is 23.8 Å². The van der Waals surface area contributed by atoms with Crippen LogP contribution in [0.3, 0.4) is 0 Å². The van der Waals surface area contributed by atoms with E-state index in [0.717, 1.165) is 23.2 Å². The third-order valence-corrected chi connectivity index (χ3v) is 2.60. The number of rotatable bonds is 0. The van der Waals surface area contributed by atoms with Crippen LogP contribution in [0.25, 0.3) is 0 Å². The predicted octanol–water partition coefficient (Wildman–Crippen LogP) is 2.28. The molecule has 0 radical (unpaired) electrons. The number of aryl methyl sites for hydroxylation is 1. The molecule has 2 rings (SSSR count). The molecule has 2 heteroatoms. The maximum absolute atomic E-state index is 14.0. The molecular formula is C11H14FN. The lowest BCUT2D eigenvalue weighted by Crippen LogP contribution is -2.37. The van der Waals surface area contributed by atoms with Gasteiger partial charge in [0.1, 0.15) is 5.67 Å². The van der Waals surface area contributed by atoms with E-state index in [4.69, 9.17) is 0 Å². The van der Waals surface area contributed by atoms with Gasteiger partial charge in [-0.15, -0.1) is 0 Å². The van der Waals surface area contributed by atoms with Crippen LogP contribution in [-0.2, 0) is 12.2 Å². The first kappa shape index (κ1) is 8.70. The van der Waals surface area contributed by atoms with Crippen molar-refractivity contribution in [1.82, 2.24) is 5.32 Å². The molecular weight excluding hydrogens is 165 g/mol. The van der Waals surface area contributed by atoms with Crippen LogP contribution >= 0.6 is 0 Å². The molecule has 0 saturated heterocycles. The fraction of sp³-hybridized carbons (Fsp3) is 0.455. The van der Waals surface area contributed by atoms with Gasteiger partial charge in [0.2, 0.25) is 0 Å². The van der Waals surface area contributed by atoms with Crippen LogP contribution < -0.4 is 5.32 Å². The van der Waals surface area contributed by atoms with E-state index in [9.17, 15) is 4.39 Å². The lowest BCUT2D eigenvalue weighted by Gasteiger charge is -2.29. The summed E-state index contributed by atoms with van der Waals surface area (Å²) in [6, 6.07) is 5.99. The predicted molar refractivity (Wildman–Crippen MR) is 51.3 cm³/mol. The Hall–Kier alpha value is -0.890. The van der Waals surface area contributed by atoms with Crippen LogP contribution in [0.5, 0.6) is 0 Å². The number of benzene rings is 1. The van der Waals surface area contributed by atoms with Crippen molar-refractivity contribution < 1.29 is 4.39 Å². The molecule has 13 heavy (non-hydrogen) atoms. The summed E-state index contributed by atoms with van der Waals surface area (Å²) < 4.78 is 14.0. The molecule has 0 spiro atoms. The maximum Gasteiger partial charge on any atom is 0.145 e.